The predicted molar refractivity (Wildman–Crippen MR) is 246 cm³/mol. The first-order valence-electron chi connectivity index (χ1n) is 24.3. The predicted octanol–water partition coefficient (Wildman–Crippen LogP) is 0.126. The van der Waals surface area contributed by atoms with Crippen molar-refractivity contribution in [1.82, 2.24) is 4.90 Å². The number of likely N-dealkylation sites (N-methyl/N-ethyl adjacent to an activating group) is 1. The van der Waals surface area contributed by atoms with Crippen LogP contribution in [0.1, 0.15) is 94.9 Å². The van der Waals surface area contributed by atoms with Gasteiger partial charge in [0.1, 0.15) is 42.2 Å². The molecule has 4 fully saturated rings. The highest BCUT2D eigenvalue weighted by Gasteiger charge is 2.56. The average Bonchev–Trinajstić information content (AvgIpc) is 3.28. The number of nitrogens with zero attached hydrogens (tertiary/aromatic N) is 2. The zero-order valence-electron chi connectivity index (χ0n) is 43.3. The van der Waals surface area contributed by atoms with E-state index < -0.39 is 144 Å². The van der Waals surface area contributed by atoms with Crippen molar-refractivity contribution in [3.05, 3.63) is 0 Å². The van der Waals surface area contributed by atoms with Crippen LogP contribution in [-0.4, -0.2) is 227 Å². The van der Waals surface area contributed by atoms with Crippen molar-refractivity contribution in [1.29, 1.82) is 0 Å². The molecule has 0 radical (unpaired) electrons. The highest BCUT2D eigenvalue weighted by atomic mass is 16.8. The van der Waals surface area contributed by atoms with E-state index in [1.54, 1.807) is 48.5 Å². The summed E-state index contributed by atoms with van der Waals surface area (Å²) in [6.45, 7) is 16.5. The number of carboxylic acids is 1. The molecular formula is C47H84N2O21. The lowest BCUT2D eigenvalue weighted by Crippen LogP contribution is -2.65. The van der Waals surface area contributed by atoms with Crippen molar-refractivity contribution in [3.63, 3.8) is 0 Å². The van der Waals surface area contributed by atoms with Gasteiger partial charge in [0.05, 0.1) is 66.6 Å². The molecule has 4 aliphatic rings. The van der Waals surface area contributed by atoms with Crippen molar-refractivity contribution in [3.8, 4) is 0 Å². The number of carboxylic acid groups (broad SMARTS) is 1. The lowest BCUT2D eigenvalue weighted by molar-refractivity contribution is -0.358. The van der Waals surface area contributed by atoms with Gasteiger partial charge in [-0.05, 0) is 74.9 Å². The lowest BCUT2D eigenvalue weighted by atomic mass is 9.73. The summed E-state index contributed by atoms with van der Waals surface area (Å²) in [5.41, 5.74) is -5.06. The van der Waals surface area contributed by atoms with Gasteiger partial charge in [0, 0.05) is 44.4 Å². The van der Waals surface area contributed by atoms with Crippen LogP contribution in [0, 0.1) is 23.7 Å². The second-order valence-corrected chi connectivity index (χ2v) is 20.6. The Labute approximate surface area is 411 Å². The van der Waals surface area contributed by atoms with Crippen LogP contribution in [0.5, 0.6) is 0 Å². The summed E-state index contributed by atoms with van der Waals surface area (Å²) < 4.78 is 60.4. The van der Waals surface area contributed by atoms with Gasteiger partial charge in [0.2, 0.25) is 6.79 Å². The van der Waals surface area contributed by atoms with Crippen LogP contribution in [0.3, 0.4) is 0 Å². The fourth-order valence-electron chi connectivity index (χ4n) is 10.5. The number of hydrogen-bond donors (Lipinski definition) is 8. The molecule has 8 N–H and O–H groups in total. The maximum Gasteiger partial charge on any atom is 0.335 e. The molecule has 4 aliphatic heterocycles. The standard InChI is InChI=1S/C47H84N2O21/c1-15-29-47(10,59)38(54)24(4)31(48-63-21-62-17-16-60-13)22(2)19-45(8,58)39(69-43-32(50)28(49(11)12)18-23(3)64-43)25(5)36(26(6)42(57)66-29)67-30-20-46(9,61-14)40(27(7)65-30)70-44-35(53)33(51)34(52)37(68-44)41(55)56/h22-30,32-40,43-44,50-54,58-59H,15-21H2,1-14H3,(H,55,56)/b48-31+/t22-,23-,24+,25+,26-,27+,28+,29-,30+,32-,33?,34?,35?,36+,37?,38-,39-,40+,43+,44?,45-,46-,47-/m1/s1. The van der Waals surface area contributed by atoms with E-state index in [-0.39, 0.29) is 44.5 Å². The molecule has 0 aromatic carbocycles. The summed E-state index contributed by atoms with van der Waals surface area (Å²) >= 11 is 0. The summed E-state index contributed by atoms with van der Waals surface area (Å²) in [4.78, 5) is 33.9. The molecular weight excluding hydrogens is 929 g/mol. The summed E-state index contributed by atoms with van der Waals surface area (Å²) in [6.07, 6.45) is -20.8. The van der Waals surface area contributed by atoms with E-state index in [9.17, 15) is 50.4 Å². The summed E-state index contributed by atoms with van der Waals surface area (Å²) in [5.74, 6) is -6.28. The molecule has 4 saturated heterocycles. The zero-order valence-corrected chi connectivity index (χ0v) is 43.3. The van der Waals surface area contributed by atoms with Gasteiger partial charge in [-0.1, -0.05) is 32.9 Å². The molecule has 23 heteroatoms. The highest BCUT2D eigenvalue weighted by molar-refractivity contribution is 5.88. The molecule has 4 rings (SSSR count). The first-order valence-corrected chi connectivity index (χ1v) is 24.3. The third-order valence-corrected chi connectivity index (χ3v) is 14.6. The van der Waals surface area contributed by atoms with E-state index in [0.717, 1.165) is 0 Å². The van der Waals surface area contributed by atoms with Gasteiger partial charge in [-0.2, -0.15) is 0 Å². The molecule has 0 aromatic rings. The number of ether oxygens (including phenoxy) is 10. The molecule has 408 valence electrons. The smallest absolute Gasteiger partial charge is 0.335 e. The minimum Gasteiger partial charge on any atom is -0.479 e. The van der Waals surface area contributed by atoms with Crippen molar-refractivity contribution in [2.24, 2.45) is 28.8 Å². The highest BCUT2D eigenvalue weighted by Crippen LogP contribution is 2.42. The summed E-state index contributed by atoms with van der Waals surface area (Å²) in [7, 11) is 6.55. The van der Waals surface area contributed by atoms with Gasteiger partial charge in [0.15, 0.2) is 25.0 Å². The molecule has 0 saturated carbocycles. The van der Waals surface area contributed by atoms with Crippen LogP contribution in [0.2, 0.25) is 0 Å². The number of oxime groups is 1. The minimum absolute atomic E-state index is 0.0736. The van der Waals surface area contributed by atoms with Crippen molar-refractivity contribution >= 4 is 17.7 Å². The van der Waals surface area contributed by atoms with E-state index >= 15 is 0 Å². The second-order valence-electron chi connectivity index (χ2n) is 20.6. The van der Waals surface area contributed by atoms with E-state index in [4.69, 9.17) is 52.2 Å². The number of rotatable bonds is 16. The van der Waals surface area contributed by atoms with Crippen LogP contribution in [0.25, 0.3) is 0 Å². The Morgan fingerprint density at radius 2 is 1.44 bits per heavy atom. The molecule has 0 aromatic heterocycles. The first kappa shape index (κ1) is 60.3. The van der Waals surface area contributed by atoms with Crippen LogP contribution in [-0.2, 0) is 61.8 Å². The number of carbonyl (C=O) groups excluding carboxylic acids is 1. The summed E-state index contributed by atoms with van der Waals surface area (Å²) in [6, 6.07) is -0.405. The number of aliphatic hydroxyl groups is 7. The summed E-state index contributed by atoms with van der Waals surface area (Å²) in [5, 5.41) is 94.4. The van der Waals surface area contributed by atoms with Gasteiger partial charge < -0.3 is 98.0 Å². The van der Waals surface area contributed by atoms with Gasteiger partial charge >= 0.3 is 11.9 Å². The number of methoxy groups -OCH3 is 2. The normalized spacial score (nSPS) is 46.6. The molecule has 70 heavy (non-hydrogen) atoms. The monoisotopic (exact) mass is 1010 g/mol. The SMILES string of the molecule is CC[C@H]1OC(=O)[C@H](C)[C@@H](O[C@H]2C[C@@](C)(OC)[C@@H](OC3OC(C(=O)O)C(O)C(O)C3O)[C@H](C)O2)[C@H](C)[C@@H](O[C@@H]2O[C@H](C)C[C@H](N(C)C)[C@H]2O)[C@](C)(O)C[C@@H](C)/C(=N\OCOCCOC)[C@H](C)[C@@H](O)[C@]1(C)O. The molecule has 23 atom stereocenters. The third kappa shape index (κ3) is 13.9. The molecule has 0 aliphatic carbocycles. The maximum absolute atomic E-state index is 14.6. The van der Waals surface area contributed by atoms with Crippen LogP contribution < -0.4 is 0 Å². The Hall–Kier alpha value is -2.27. The maximum atomic E-state index is 14.6. The Kier molecular flexibility index (Phi) is 21.8. The molecule has 0 amide bonds. The molecule has 4 heterocycles. The van der Waals surface area contributed by atoms with Crippen molar-refractivity contribution in [2.45, 2.75) is 210 Å². The molecule has 5 unspecified atom stereocenters. The molecule has 0 spiro atoms. The average molecular weight is 1010 g/mol. The lowest BCUT2D eigenvalue weighted by Gasteiger charge is -2.50. The Morgan fingerprint density at radius 3 is 2.03 bits per heavy atom. The number of esters is 1. The van der Waals surface area contributed by atoms with Crippen molar-refractivity contribution < 1.29 is 103 Å². The third-order valence-electron chi connectivity index (χ3n) is 14.6. The Balaban J connectivity index is 1.82. The number of cyclic esters (lactones) is 1. The largest absolute Gasteiger partial charge is 0.479 e. The molecule has 0 bridgehead atoms. The van der Waals surface area contributed by atoms with Crippen LogP contribution in [0.4, 0.5) is 0 Å². The first-order chi connectivity index (χ1) is 32.6. The van der Waals surface area contributed by atoms with Gasteiger partial charge in [-0.15, -0.1) is 0 Å². The number of carbonyl (C=O) groups is 2. The van der Waals surface area contributed by atoms with Crippen LogP contribution >= 0.6 is 0 Å². The van der Waals surface area contributed by atoms with E-state index in [0.29, 0.717) is 13.0 Å². The topological polar surface area (TPSA) is 313 Å². The quantitative estimate of drug-likeness (QED) is 0.0441. The van der Waals surface area contributed by atoms with E-state index in [1.807, 2.05) is 25.9 Å². The minimum atomic E-state index is -2.06. The number of hydrogen-bond acceptors (Lipinski definition) is 22. The zero-order chi connectivity index (χ0) is 52.8. The Morgan fingerprint density at radius 1 is 0.814 bits per heavy atom. The van der Waals surface area contributed by atoms with Gasteiger partial charge in [-0.25, -0.2) is 4.79 Å². The van der Waals surface area contributed by atoms with E-state index in [2.05, 4.69) is 5.16 Å². The number of aliphatic hydroxyl groups excluding tert-OH is 5. The number of aliphatic carboxylic acids is 1. The Bertz CT molecular complexity index is 1690. The van der Waals surface area contributed by atoms with Gasteiger partial charge in [0.25, 0.3) is 0 Å². The fraction of sp³-hybridized carbons (Fsp3) is 0.936. The van der Waals surface area contributed by atoms with E-state index in [1.165, 1.54) is 28.1 Å². The van der Waals surface area contributed by atoms with Crippen molar-refractivity contribution in [2.75, 3.05) is 48.3 Å². The fourth-order valence-corrected chi connectivity index (χ4v) is 10.5. The van der Waals surface area contributed by atoms with Gasteiger partial charge in [-0.3, -0.25) is 4.79 Å². The second kappa shape index (κ2) is 25.3. The molecule has 23 nitrogen and oxygen atoms in total. The van der Waals surface area contributed by atoms with Crippen LogP contribution in [0.15, 0.2) is 5.16 Å².